The van der Waals surface area contributed by atoms with Crippen molar-refractivity contribution in [1.29, 1.82) is 5.26 Å². The highest BCUT2D eigenvalue weighted by Crippen LogP contribution is 2.06. The van der Waals surface area contributed by atoms with Crippen molar-refractivity contribution in [1.82, 2.24) is 0 Å². The maximum absolute atomic E-state index is 10.5. The summed E-state index contributed by atoms with van der Waals surface area (Å²) < 4.78 is 0. The molecule has 62 valence electrons. The molecule has 0 unspecified atom stereocenters. The van der Waals surface area contributed by atoms with E-state index in [0.717, 1.165) is 11.8 Å². The molecule has 0 fully saturated rings. The average molecular weight is 169 g/mol. The van der Waals surface area contributed by atoms with Crippen LogP contribution in [0, 0.1) is 30.1 Å². The molecule has 0 N–H and O–H groups in total. The maximum atomic E-state index is 10.5. The van der Waals surface area contributed by atoms with Crippen LogP contribution in [0.5, 0.6) is 0 Å². The third-order valence-corrected chi connectivity index (χ3v) is 1.50. The standard InChI is InChI=1S/C11H7NO/c1-9-5-10(3-2-4-12)7-11(6-9)8-13/h5-8H,1H3. The summed E-state index contributed by atoms with van der Waals surface area (Å²) in [5.74, 6) is 4.92. The molecule has 0 spiro atoms. The molecule has 0 aliphatic carbocycles. The van der Waals surface area contributed by atoms with E-state index in [-0.39, 0.29) is 0 Å². The monoisotopic (exact) mass is 169 g/mol. The van der Waals surface area contributed by atoms with Gasteiger partial charge in [0.25, 0.3) is 0 Å². The van der Waals surface area contributed by atoms with Crippen molar-refractivity contribution in [2.75, 3.05) is 0 Å². The fraction of sp³-hybridized carbons (Fsp3) is 0.0909. The first-order valence-corrected chi connectivity index (χ1v) is 3.73. The van der Waals surface area contributed by atoms with Gasteiger partial charge in [-0.3, -0.25) is 4.79 Å². The zero-order chi connectivity index (χ0) is 9.68. The summed E-state index contributed by atoms with van der Waals surface area (Å²) in [5, 5.41) is 8.23. The predicted molar refractivity (Wildman–Crippen MR) is 49.1 cm³/mol. The van der Waals surface area contributed by atoms with Crippen LogP contribution in [0.1, 0.15) is 21.5 Å². The minimum Gasteiger partial charge on any atom is -0.298 e. The van der Waals surface area contributed by atoms with Crippen LogP contribution in [0.15, 0.2) is 18.2 Å². The lowest BCUT2D eigenvalue weighted by Gasteiger charge is -1.95. The zero-order valence-electron chi connectivity index (χ0n) is 7.16. The fourth-order valence-electron chi connectivity index (χ4n) is 1.05. The van der Waals surface area contributed by atoms with Crippen LogP contribution in [-0.2, 0) is 0 Å². The molecular weight excluding hydrogens is 162 g/mol. The number of hydrogen-bond donors (Lipinski definition) is 0. The van der Waals surface area contributed by atoms with Crippen molar-refractivity contribution in [3.63, 3.8) is 0 Å². The maximum Gasteiger partial charge on any atom is 0.152 e. The van der Waals surface area contributed by atoms with Crippen molar-refractivity contribution >= 4 is 6.29 Å². The Morgan fingerprint density at radius 3 is 2.77 bits per heavy atom. The van der Waals surface area contributed by atoms with Gasteiger partial charge in [-0.15, -0.1) is 0 Å². The Morgan fingerprint density at radius 1 is 1.38 bits per heavy atom. The molecule has 2 heteroatoms. The van der Waals surface area contributed by atoms with E-state index in [2.05, 4.69) is 11.8 Å². The molecule has 0 saturated carbocycles. The van der Waals surface area contributed by atoms with Crippen LogP contribution in [0.2, 0.25) is 0 Å². The molecule has 0 saturated heterocycles. The highest BCUT2D eigenvalue weighted by atomic mass is 16.1. The van der Waals surface area contributed by atoms with Gasteiger partial charge in [0, 0.05) is 17.0 Å². The van der Waals surface area contributed by atoms with Gasteiger partial charge in [0.15, 0.2) is 6.07 Å². The molecular formula is C11H7NO. The summed E-state index contributed by atoms with van der Waals surface area (Å²) in [6.07, 6.45) is 0.768. The Bertz CT molecular complexity index is 430. The Balaban J connectivity index is 3.17. The summed E-state index contributed by atoms with van der Waals surface area (Å²) in [6.45, 7) is 1.88. The first-order chi connectivity index (χ1) is 6.26. The van der Waals surface area contributed by atoms with Crippen molar-refractivity contribution in [3.05, 3.63) is 34.9 Å². The highest BCUT2D eigenvalue weighted by molar-refractivity contribution is 5.76. The van der Waals surface area contributed by atoms with Gasteiger partial charge in [-0.25, -0.2) is 0 Å². The Labute approximate surface area is 76.8 Å². The molecule has 0 amide bonds. The lowest BCUT2D eigenvalue weighted by Crippen LogP contribution is -1.84. The number of benzene rings is 1. The summed E-state index contributed by atoms with van der Waals surface area (Å²) in [6, 6.07) is 6.98. The molecule has 0 atom stereocenters. The molecule has 0 aliphatic rings. The van der Waals surface area contributed by atoms with Gasteiger partial charge < -0.3 is 0 Å². The molecule has 2 nitrogen and oxygen atoms in total. The second-order valence-corrected chi connectivity index (χ2v) is 2.61. The number of aryl methyl sites for hydroxylation is 1. The Morgan fingerprint density at radius 2 is 2.15 bits per heavy atom. The Kier molecular flexibility index (Phi) is 2.84. The second kappa shape index (κ2) is 4.09. The second-order valence-electron chi connectivity index (χ2n) is 2.61. The number of hydrogen-bond acceptors (Lipinski definition) is 2. The molecule has 1 aromatic carbocycles. The van der Waals surface area contributed by atoms with E-state index < -0.39 is 0 Å². The molecule has 0 radical (unpaired) electrons. The van der Waals surface area contributed by atoms with Crippen LogP contribution in [-0.4, -0.2) is 6.29 Å². The van der Waals surface area contributed by atoms with E-state index in [4.69, 9.17) is 5.26 Å². The van der Waals surface area contributed by atoms with Crippen molar-refractivity contribution < 1.29 is 4.79 Å². The van der Waals surface area contributed by atoms with Crippen molar-refractivity contribution in [3.8, 4) is 17.9 Å². The van der Waals surface area contributed by atoms with E-state index >= 15 is 0 Å². The highest BCUT2D eigenvalue weighted by Gasteiger charge is 1.94. The van der Waals surface area contributed by atoms with E-state index in [1.54, 1.807) is 18.2 Å². The van der Waals surface area contributed by atoms with Crippen LogP contribution in [0.3, 0.4) is 0 Å². The van der Waals surface area contributed by atoms with E-state index in [1.807, 2.05) is 13.0 Å². The number of nitriles is 1. The topological polar surface area (TPSA) is 40.9 Å². The minimum absolute atomic E-state index is 0.585. The third-order valence-electron chi connectivity index (χ3n) is 1.50. The number of carbonyl (C=O) groups is 1. The SMILES string of the molecule is Cc1cc(C#CC#N)cc(C=O)c1. The Hall–Kier alpha value is -2.06. The fourth-order valence-corrected chi connectivity index (χ4v) is 1.05. The number of aldehydes is 1. The molecule has 1 aromatic rings. The van der Waals surface area contributed by atoms with Crippen molar-refractivity contribution in [2.24, 2.45) is 0 Å². The van der Waals surface area contributed by atoms with Gasteiger partial charge in [0.1, 0.15) is 6.29 Å². The zero-order valence-corrected chi connectivity index (χ0v) is 7.16. The van der Waals surface area contributed by atoms with Crippen LogP contribution in [0.4, 0.5) is 0 Å². The minimum atomic E-state index is 0.585. The van der Waals surface area contributed by atoms with Gasteiger partial charge in [-0.1, -0.05) is 5.92 Å². The van der Waals surface area contributed by atoms with Gasteiger partial charge in [-0.05, 0) is 30.7 Å². The smallest absolute Gasteiger partial charge is 0.152 e. The van der Waals surface area contributed by atoms with Gasteiger partial charge >= 0.3 is 0 Å². The molecule has 13 heavy (non-hydrogen) atoms. The largest absolute Gasteiger partial charge is 0.298 e. The summed E-state index contributed by atoms with van der Waals surface area (Å²) in [7, 11) is 0. The molecule has 0 bridgehead atoms. The molecule has 0 aliphatic heterocycles. The number of rotatable bonds is 1. The van der Waals surface area contributed by atoms with Gasteiger partial charge in [0.05, 0.1) is 0 Å². The van der Waals surface area contributed by atoms with E-state index in [0.29, 0.717) is 11.1 Å². The molecule has 1 rings (SSSR count). The first-order valence-electron chi connectivity index (χ1n) is 3.73. The van der Waals surface area contributed by atoms with Gasteiger partial charge in [0.2, 0.25) is 0 Å². The number of nitrogens with zero attached hydrogens (tertiary/aromatic N) is 1. The molecule has 0 heterocycles. The quantitative estimate of drug-likeness (QED) is 0.474. The first kappa shape index (κ1) is 9.03. The van der Waals surface area contributed by atoms with Gasteiger partial charge in [-0.2, -0.15) is 5.26 Å². The lowest BCUT2D eigenvalue weighted by atomic mass is 10.1. The van der Waals surface area contributed by atoms with E-state index in [9.17, 15) is 4.79 Å². The number of carbonyl (C=O) groups excluding carboxylic acids is 1. The predicted octanol–water partition coefficient (Wildman–Crippen LogP) is 1.68. The lowest BCUT2D eigenvalue weighted by molar-refractivity contribution is 0.112. The normalized spacial score (nSPS) is 8.00. The summed E-state index contributed by atoms with van der Waals surface area (Å²) in [4.78, 5) is 10.5. The third kappa shape index (κ3) is 2.47. The summed E-state index contributed by atoms with van der Waals surface area (Å²) in [5.41, 5.74) is 2.25. The summed E-state index contributed by atoms with van der Waals surface area (Å²) >= 11 is 0. The van der Waals surface area contributed by atoms with Crippen LogP contribution >= 0.6 is 0 Å². The van der Waals surface area contributed by atoms with E-state index in [1.165, 1.54) is 0 Å². The van der Waals surface area contributed by atoms with Crippen molar-refractivity contribution in [2.45, 2.75) is 6.92 Å². The molecule has 0 aromatic heterocycles. The average Bonchev–Trinajstić information content (AvgIpc) is 2.14. The van der Waals surface area contributed by atoms with Crippen LogP contribution < -0.4 is 0 Å². The van der Waals surface area contributed by atoms with Crippen LogP contribution in [0.25, 0.3) is 0 Å².